The van der Waals surface area contributed by atoms with Crippen LogP contribution in [0.25, 0.3) is 0 Å². The van der Waals surface area contributed by atoms with E-state index in [0.29, 0.717) is 12.2 Å². The van der Waals surface area contributed by atoms with Gasteiger partial charge >= 0.3 is 5.97 Å². The molecule has 22 nitrogen and oxygen atoms in total. The van der Waals surface area contributed by atoms with Gasteiger partial charge in [0.15, 0.2) is 0 Å². The highest BCUT2D eigenvalue weighted by atomic mass is 32.2. The number of hydrogen-bond donors (Lipinski definition) is 8. The van der Waals surface area contributed by atoms with E-state index in [4.69, 9.17) is 18.9 Å². The number of tetrazole rings is 1. The number of H-pyrrole nitrogens is 1. The summed E-state index contributed by atoms with van der Waals surface area (Å²) in [6.45, 7) is 1.81. The van der Waals surface area contributed by atoms with E-state index in [-0.39, 0.29) is 140 Å². The topological polar surface area (TPSA) is 303 Å². The number of nitrogens with zero attached hydrogens (tertiary/aromatic N) is 3. The Morgan fingerprint density at radius 2 is 1.14 bits per heavy atom. The Morgan fingerprint density at radius 1 is 0.631 bits per heavy atom. The molecule has 0 radical (unpaired) electrons. The van der Waals surface area contributed by atoms with Crippen LogP contribution in [0.4, 0.5) is 0 Å². The molecule has 65 heavy (non-hydrogen) atoms. The lowest BCUT2D eigenvalue weighted by Gasteiger charge is -2.14. The number of amides is 5. The van der Waals surface area contributed by atoms with Gasteiger partial charge in [-0.15, -0.1) is 16.9 Å². The average Bonchev–Trinajstić information content (AvgIpc) is 3.82. The van der Waals surface area contributed by atoms with Gasteiger partial charge in [0, 0.05) is 51.2 Å². The zero-order valence-electron chi connectivity index (χ0n) is 37.9. The van der Waals surface area contributed by atoms with Gasteiger partial charge in [0.1, 0.15) is 31.4 Å². The van der Waals surface area contributed by atoms with Crippen LogP contribution in [0.3, 0.4) is 0 Å². The van der Waals surface area contributed by atoms with Gasteiger partial charge in [0.25, 0.3) is 0 Å². The summed E-state index contributed by atoms with van der Waals surface area (Å²) >= 11 is 1.32. The van der Waals surface area contributed by atoms with E-state index >= 15 is 0 Å². The number of carboxylic acid groups (broad SMARTS) is 1. The number of carbonyl (C=O) groups is 7. The van der Waals surface area contributed by atoms with E-state index in [9.17, 15) is 38.7 Å². The number of hydrogen-bond acceptors (Lipinski definition) is 16. The lowest BCUT2D eigenvalue weighted by molar-refractivity contribution is -0.142. The molecular formula is C41H75N10O12PS. The first-order chi connectivity index (χ1) is 31.6. The van der Waals surface area contributed by atoms with E-state index < -0.39 is 12.0 Å². The quantitative estimate of drug-likeness (QED) is 0.0254. The van der Waals surface area contributed by atoms with Crippen LogP contribution in [0, 0.1) is 0 Å². The largest absolute Gasteiger partial charge is 0.480 e. The van der Waals surface area contributed by atoms with Crippen LogP contribution in [-0.2, 0) is 58.9 Å². The fraction of sp³-hybridized carbons (Fsp3) is 0.805. The SMILES string of the molecule is O=C[C@H](CSCC(=O)NCCNC(=O)COCCOCCNC(=O)COCCOCCNC(=O)CC[C@H](NC(=O)CCCCCCCCCCCCCCCc1nnn[nH]1)C(=O)O)NP. The monoisotopic (exact) mass is 963 g/mol. The van der Waals surface area contributed by atoms with E-state index in [2.05, 4.69) is 61.7 Å². The number of aldehydes is 1. The second-order valence-electron chi connectivity index (χ2n) is 15.1. The standard InChI is InChI=1S/C41H75N10O12PS/c52-28-33(49-64)31-65-32-40(57)43-19-18-42-38(55)29-62-26-25-61-23-21-45-39(56)30-63-27-24-60-22-20-44-36(53)17-16-34(41(58)59)46-37(54)15-13-11-9-7-5-3-1-2-4-6-8-10-12-14-35-47-50-51-48-35/h28,33-34,49H,1-27,29-32,64H2,(H,42,55)(H,43,57)(H,44,53)(H,45,56)(H,46,54)(H,58,59)(H,47,48,50,51)/t33-,34+/m1/s1. The number of aryl methyl sites for hydroxylation is 1. The molecule has 0 aromatic carbocycles. The molecule has 0 fully saturated rings. The summed E-state index contributed by atoms with van der Waals surface area (Å²) in [5.41, 5.74) is 0. The normalized spacial score (nSPS) is 12.0. The van der Waals surface area contributed by atoms with E-state index in [1.165, 1.54) is 63.1 Å². The molecule has 3 atom stereocenters. The van der Waals surface area contributed by atoms with Crippen molar-refractivity contribution in [3.8, 4) is 0 Å². The van der Waals surface area contributed by atoms with Gasteiger partial charge in [-0.1, -0.05) is 80.0 Å². The number of unbranched alkanes of at least 4 members (excludes halogenated alkanes) is 12. The fourth-order valence-corrected chi connectivity index (χ4v) is 7.15. The number of nitrogens with one attached hydrogen (secondary N) is 7. The molecule has 1 unspecified atom stereocenters. The van der Waals surface area contributed by atoms with Gasteiger partial charge in [-0.3, -0.25) is 29.1 Å². The number of ether oxygens (including phenoxy) is 4. The predicted molar refractivity (Wildman–Crippen MR) is 247 cm³/mol. The second-order valence-corrected chi connectivity index (χ2v) is 16.5. The van der Waals surface area contributed by atoms with Crippen molar-refractivity contribution >= 4 is 62.9 Å². The van der Waals surface area contributed by atoms with E-state index in [1.54, 1.807) is 0 Å². The van der Waals surface area contributed by atoms with Crippen molar-refractivity contribution in [3.05, 3.63) is 5.82 Å². The molecule has 1 aromatic rings. The van der Waals surface area contributed by atoms with Crippen LogP contribution in [0.5, 0.6) is 0 Å². The summed E-state index contributed by atoms with van der Waals surface area (Å²) in [5.74, 6) is -1.19. The molecule has 0 saturated heterocycles. The maximum absolute atomic E-state index is 12.4. The third-order valence-electron chi connectivity index (χ3n) is 9.53. The van der Waals surface area contributed by atoms with Crippen molar-refractivity contribution in [2.24, 2.45) is 0 Å². The van der Waals surface area contributed by atoms with Crippen molar-refractivity contribution in [1.82, 2.24) is 52.3 Å². The summed E-state index contributed by atoms with van der Waals surface area (Å²) in [6, 6.07) is -1.47. The number of carbonyl (C=O) groups excluding carboxylic acids is 6. The minimum absolute atomic E-state index is 0.0254. The third-order valence-corrected chi connectivity index (χ3v) is 11.0. The second kappa shape index (κ2) is 42.8. The van der Waals surface area contributed by atoms with Gasteiger partial charge in [-0.2, -0.15) is 0 Å². The highest BCUT2D eigenvalue weighted by Gasteiger charge is 2.21. The highest BCUT2D eigenvalue weighted by Crippen LogP contribution is 2.14. The van der Waals surface area contributed by atoms with Gasteiger partial charge < -0.3 is 55.4 Å². The Kier molecular flexibility index (Phi) is 38.9. The summed E-state index contributed by atoms with van der Waals surface area (Å²) in [7, 11) is 2.26. The first-order valence-corrected chi connectivity index (χ1v) is 24.5. The molecule has 0 aliphatic heterocycles. The Morgan fingerprint density at radius 3 is 1.66 bits per heavy atom. The minimum atomic E-state index is -1.18. The molecular weight excluding hydrogens is 888 g/mol. The highest BCUT2D eigenvalue weighted by molar-refractivity contribution is 8.00. The van der Waals surface area contributed by atoms with Crippen LogP contribution < -0.4 is 31.7 Å². The van der Waals surface area contributed by atoms with Gasteiger partial charge in [-0.25, -0.2) is 9.89 Å². The van der Waals surface area contributed by atoms with Crippen LogP contribution >= 0.6 is 21.2 Å². The Bertz CT molecular complexity index is 1420. The van der Waals surface area contributed by atoms with Crippen molar-refractivity contribution in [3.63, 3.8) is 0 Å². The molecule has 0 bridgehead atoms. The predicted octanol–water partition coefficient (Wildman–Crippen LogP) is 0.765. The maximum atomic E-state index is 12.4. The fourth-order valence-electron chi connectivity index (χ4n) is 5.95. The third kappa shape index (κ3) is 38.0. The summed E-state index contributed by atoms with van der Waals surface area (Å²) in [5, 5.41) is 39.3. The average molecular weight is 963 g/mol. The van der Waals surface area contributed by atoms with Crippen molar-refractivity contribution in [2.75, 3.05) is 90.5 Å². The molecule has 0 aliphatic rings. The van der Waals surface area contributed by atoms with Crippen molar-refractivity contribution in [1.29, 1.82) is 0 Å². The van der Waals surface area contributed by atoms with Crippen LogP contribution in [0.15, 0.2) is 0 Å². The molecule has 0 saturated carbocycles. The molecule has 0 spiro atoms. The number of aromatic nitrogens is 4. The first-order valence-electron chi connectivity index (χ1n) is 22.8. The molecule has 1 heterocycles. The molecule has 24 heteroatoms. The number of thioether (sulfide) groups is 1. The molecule has 5 amide bonds. The van der Waals surface area contributed by atoms with E-state index in [1.807, 2.05) is 0 Å². The Balaban J connectivity index is 1.88. The lowest BCUT2D eigenvalue weighted by atomic mass is 10.0. The summed E-state index contributed by atoms with van der Waals surface area (Å²) in [4.78, 5) is 82.5. The number of aromatic amines is 1. The zero-order valence-corrected chi connectivity index (χ0v) is 39.9. The first kappa shape index (κ1) is 59.2. The lowest BCUT2D eigenvalue weighted by Crippen LogP contribution is -2.41. The number of carboxylic acids is 1. The Labute approximate surface area is 389 Å². The molecule has 1 rings (SSSR count). The van der Waals surface area contributed by atoms with Crippen LogP contribution in [0.2, 0.25) is 0 Å². The van der Waals surface area contributed by atoms with Crippen molar-refractivity contribution in [2.45, 2.75) is 121 Å². The van der Waals surface area contributed by atoms with Gasteiger partial charge in [-0.05, 0) is 29.7 Å². The van der Waals surface area contributed by atoms with Crippen LogP contribution in [-0.4, -0.2) is 170 Å². The molecule has 8 N–H and O–H groups in total. The summed E-state index contributed by atoms with van der Waals surface area (Å²) < 4.78 is 21.3. The summed E-state index contributed by atoms with van der Waals surface area (Å²) in [6.07, 6.45) is 16.6. The van der Waals surface area contributed by atoms with Crippen LogP contribution in [0.1, 0.15) is 109 Å². The smallest absolute Gasteiger partial charge is 0.326 e. The maximum Gasteiger partial charge on any atom is 0.326 e. The van der Waals surface area contributed by atoms with Gasteiger partial charge in [0.2, 0.25) is 29.5 Å². The minimum Gasteiger partial charge on any atom is -0.480 e. The van der Waals surface area contributed by atoms with Gasteiger partial charge in [0.05, 0.1) is 51.4 Å². The molecule has 0 aliphatic carbocycles. The van der Waals surface area contributed by atoms with Crippen molar-refractivity contribution < 1.29 is 57.6 Å². The molecule has 1 aromatic heterocycles. The zero-order chi connectivity index (χ0) is 47.4. The number of aliphatic carboxylic acids is 1. The van der Waals surface area contributed by atoms with E-state index in [0.717, 1.165) is 44.2 Å². The number of rotatable bonds is 46. The Hall–Kier alpha value is -3.86. The molecule has 372 valence electrons.